The first-order valence-electron chi connectivity index (χ1n) is 8.50. The van der Waals surface area contributed by atoms with E-state index in [-0.39, 0.29) is 27.5 Å². The zero-order valence-electron chi connectivity index (χ0n) is 14.9. The molecule has 12 heteroatoms. The lowest BCUT2D eigenvalue weighted by Gasteiger charge is -2.58. The number of hydrogen-bond donors (Lipinski definition) is 3. The summed E-state index contributed by atoms with van der Waals surface area (Å²) in [5.74, 6) is -0.0899. The standard InChI is InChI=1S/C16H18BrFN6O3S/c1-28(25,26)24-7-16(8-24)5-10(6-16)21-15-13(22-27-23-15)14(19)20-9-2-3-12(18)11(17)4-9/h2-4,10H,5-8H2,1H3,(H2,19,20)(H,21,23). The number of anilines is 2. The molecule has 150 valence electrons. The summed E-state index contributed by atoms with van der Waals surface area (Å²) in [5, 5.41) is 21.8. The van der Waals surface area contributed by atoms with E-state index in [1.807, 2.05) is 0 Å². The van der Waals surface area contributed by atoms with Crippen LogP contribution in [0.4, 0.5) is 15.9 Å². The molecule has 1 saturated carbocycles. The highest BCUT2D eigenvalue weighted by molar-refractivity contribution is 9.10. The number of aromatic nitrogens is 2. The Labute approximate surface area is 169 Å². The molecule has 1 spiro atoms. The Morgan fingerprint density at radius 2 is 2.11 bits per heavy atom. The predicted molar refractivity (Wildman–Crippen MR) is 104 cm³/mol. The summed E-state index contributed by atoms with van der Waals surface area (Å²) in [6.07, 6.45) is 2.86. The van der Waals surface area contributed by atoms with Crippen molar-refractivity contribution >= 4 is 43.3 Å². The van der Waals surface area contributed by atoms with Gasteiger partial charge in [0.1, 0.15) is 5.82 Å². The first kappa shape index (κ1) is 19.3. The maximum absolute atomic E-state index is 13.3. The maximum atomic E-state index is 13.3. The Balaban J connectivity index is 1.35. The second-order valence-corrected chi connectivity index (χ2v) is 10.2. The van der Waals surface area contributed by atoms with Gasteiger partial charge in [-0.3, -0.25) is 5.41 Å². The van der Waals surface area contributed by atoms with Gasteiger partial charge in [0.05, 0.1) is 10.7 Å². The number of nitrogens with zero attached hydrogens (tertiary/aromatic N) is 3. The topological polar surface area (TPSA) is 124 Å². The molecule has 1 saturated heterocycles. The second kappa shape index (κ2) is 6.78. The lowest BCUT2D eigenvalue weighted by Crippen LogP contribution is -2.65. The molecule has 0 unspecified atom stereocenters. The van der Waals surface area contributed by atoms with Crippen LogP contribution in [0.25, 0.3) is 0 Å². The van der Waals surface area contributed by atoms with Gasteiger partial charge in [0, 0.05) is 30.2 Å². The van der Waals surface area contributed by atoms with Crippen LogP contribution in [-0.4, -0.2) is 54.3 Å². The van der Waals surface area contributed by atoms with E-state index in [9.17, 15) is 12.8 Å². The van der Waals surface area contributed by atoms with E-state index < -0.39 is 15.8 Å². The molecule has 2 fully saturated rings. The minimum absolute atomic E-state index is 0.0320. The van der Waals surface area contributed by atoms with Crippen molar-refractivity contribution in [2.24, 2.45) is 5.41 Å². The van der Waals surface area contributed by atoms with Crippen molar-refractivity contribution < 1.29 is 17.4 Å². The Hall–Kier alpha value is -2.05. The quantitative estimate of drug-likeness (QED) is 0.450. The number of rotatable bonds is 5. The van der Waals surface area contributed by atoms with Gasteiger partial charge >= 0.3 is 0 Å². The van der Waals surface area contributed by atoms with Gasteiger partial charge in [-0.1, -0.05) is 0 Å². The molecule has 1 aromatic carbocycles. The third-order valence-corrected chi connectivity index (χ3v) is 6.91. The molecule has 2 aliphatic rings. The van der Waals surface area contributed by atoms with Gasteiger partial charge in [0.2, 0.25) is 15.8 Å². The van der Waals surface area contributed by atoms with Gasteiger partial charge in [-0.05, 0) is 57.3 Å². The fourth-order valence-corrected chi connectivity index (χ4v) is 5.10. The Bertz CT molecular complexity index is 1030. The van der Waals surface area contributed by atoms with E-state index >= 15 is 0 Å². The van der Waals surface area contributed by atoms with Crippen LogP contribution >= 0.6 is 15.9 Å². The Morgan fingerprint density at radius 1 is 1.39 bits per heavy atom. The van der Waals surface area contributed by atoms with E-state index in [0.717, 1.165) is 12.8 Å². The van der Waals surface area contributed by atoms with Gasteiger partial charge in [-0.2, -0.15) is 0 Å². The van der Waals surface area contributed by atoms with Crippen LogP contribution in [0.15, 0.2) is 27.3 Å². The van der Waals surface area contributed by atoms with Gasteiger partial charge in [-0.15, -0.1) is 0 Å². The average Bonchev–Trinajstić information content (AvgIpc) is 2.99. The van der Waals surface area contributed by atoms with E-state index in [0.29, 0.717) is 24.6 Å². The number of halogens is 2. The highest BCUT2D eigenvalue weighted by Crippen LogP contribution is 2.50. The van der Waals surface area contributed by atoms with Crippen LogP contribution < -0.4 is 10.6 Å². The summed E-state index contributed by atoms with van der Waals surface area (Å²) < 4.78 is 42.9. The molecule has 0 amide bonds. The molecule has 1 aliphatic carbocycles. The molecule has 2 heterocycles. The summed E-state index contributed by atoms with van der Waals surface area (Å²) >= 11 is 3.10. The SMILES string of the molecule is CS(=O)(=O)N1CC2(CC(Nc3nonc3C(=N)Nc3ccc(F)c(Br)c3)C2)C1. The van der Waals surface area contributed by atoms with E-state index in [1.54, 1.807) is 0 Å². The molecule has 0 bridgehead atoms. The van der Waals surface area contributed by atoms with Crippen molar-refractivity contribution in [1.29, 1.82) is 5.41 Å². The number of hydrogen-bond acceptors (Lipinski definition) is 7. The highest BCUT2D eigenvalue weighted by atomic mass is 79.9. The normalized spacial score (nSPS) is 19.1. The van der Waals surface area contributed by atoms with Gasteiger partial charge in [-0.25, -0.2) is 21.7 Å². The minimum atomic E-state index is -3.12. The molecule has 0 atom stereocenters. The summed E-state index contributed by atoms with van der Waals surface area (Å²) in [7, 11) is -3.12. The molecule has 1 aliphatic heterocycles. The Kier molecular flexibility index (Phi) is 4.67. The van der Waals surface area contributed by atoms with Crippen molar-refractivity contribution in [3.8, 4) is 0 Å². The van der Waals surface area contributed by atoms with E-state index in [2.05, 4.69) is 36.9 Å². The van der Waals surface area contributed by atoms with Crippen molar-refractivity contribution in [2.45, 2.75) is 18.9 Å². The second-order valence-electron chi connectivity index (χ2n) is 7.37. The zero-order valence-corrected chi connectivity index (χ0v) is 17.3. The van der Waals surface area contributed by atoms with Gasteiger partial charge in [0.15, 0.2) is 11.5 Å². The first-order valence-corrected chi connectivity index (χ1v) is 11.1. The molecule has 9 nitrogen and oxygen atoms in total. The number of benzene rings is 1. The minimum Gasteiger partial charge on any atom is -0.362 e. The Morgan fingerprint density at radius 3 is 2.75 bits per heavy atom. The van der Waals surface area contributed by atoms with Crippen molar-refractivity contribution in [3.05, 3.63) is 34.2 Å². The summed E-state index contributed by atoms with van der Waals surface area (Å²) in [5.41, 5.74) is 0.766. The van der Waals surface area contributed by atoms with Crippen LogP contribution in [0, 0.1) is 16.6 Å². The molecular weight excluding hydrogens is 455 g/mol. The number of nitrogens with one attached hydrogen (secondary N) is 3. The molecule has 0 radical (unpaired) electrons. The van der Waals surface area contributed by atoms with E-state index in [4.69, 9.17) is 10.0 Å². The molecule has 3 N–H and O–H groups in total. The molecule has 28 heavy (non-hydrogen) atoms. The van der Waals surface area contributed by atoms with Crippen molar-refractivity contribution in [1.82, 2.24) is 14.6 Å². The average molecular weight is 473 g/mol. The summed E-state index contributed by atoms with van der Waals surface area (Å²) in [6.45, 7) is 1.09. The number of amidine groups is 1. The molecule has 4 rings (SSSR count). The molecule has 1 aromatic heterocycles. The van der Waals surface area contributed by atoms with Crippen molar-refractivity contribution in [2.75, 3.05) is 30.0 Å². The maximum Gasteiger partial charge on any atom is 0.211 e. The first-order chi connectivity index (χ1) is 13.2. The summed E-state index contributed by atoms with van der Waals surface area (Å²) in [4.78, 5) is 0. The molecule has 2 aromatic rings. The van der Waals surface area contributed by atoms with Gasteiger partial charge in [0.25, 0.3) is 0 Å². The third kappa shape index (κ3) is 3.63. The van der Waals surface area contributed by atoms with E-state index in [1.165, 1.54) is 28.8 Å². The van der Waals surface area contributed by atoms with Crippen LogP contribution in [-0.2, 0) is 10.0 Å². The number of sulfonamides is 1. The smallest absolute Gasteiger partial charge is 0.211 e. The fraction of sp³-hybridized carbons (Fsp3) is 0.438. The lowest BCUT2D eigenvalue weighted by atomic mass is 9.61. The fourth-order valence-electron chi connectivity index (χ4n) is 3.70. The lowest BCUT2D eigenvalue weighted by molar-refractivity contribution is -0.0170. The zero-order chi connectivity index (χ0) is 20.1. The summed E-state index contributed by atoms with van der Waals surface area (Å²) in [6, 6.07) is 4.42. The largest absolute Gasteiger partial charge is 0.362 e. The molecular formula is C16H18BrFN6O3S. The van der Waals surface area contributed by atoms with Gasteiger partial charge < -0.3 is 10.6 Å². The van der Waals surface area contributed by atoms with Crippen LogP contribution in [0.2, 0.25) is 0 Å². The van der Waals surface area contributed by atoms with Crippen LogP contribution in [0.3, 0.4) is 0 Å². The predicted octanol–water partition coefficient (Wildman–Crippen LogP) is 2.24. The highest BCUT2D eigenvalue weighted by Gasteiger charge is 2.54. The van der Waals surface area contributed by atoms with Crippen molar-refractivity contribution in [3.63, 3.8) is 0 Å². The monoisotopic (exact) mass is 472 g/mol. The van der Waals surface area contributed by atoms with Crippen LogP contribution in [0.1, 0.15) is 18.5 Å². The van der Waals surface area contributed by atoms with Crippen LogP contribution in [0.5, 0.6) is 0 Å². The third-order valence-electron chi connectivity index (χ3n) is 5.11.